The van der Waals surface area contributed by atoms with Crippen molar-refractivity contribution >= 4 is 0 Å². The van der Waals surface area contributed by atoms with E-state index in [1.165, 1.54) is 25.7 Å². The minimum Gasteiger partial charge on any atom is -0.304 e. The summed E-state index contributed by atoms with van der Waals surface area (Å²) in [5, 5.41) is 12.8. The van der Waals surface area contributed by atoms with Crippen molar-refractivity contribution in [2.45, 2.75) is 58.0 Å². The molecule has 1 aromatic rings. The van der Waals surface area contributed by atoms with Crippen molar-refractivity contribution in [2.24, 2.45) is 5.92 Å². The Hall–Kier alpha value is -1.01. The Balaban J connectivity index is 1.81. The first-order valence-corrected chi connectivity index (χ1v) is 8.85. The Kier molecular flexibility index (Phi) is 5.08. The third kappa shape index (κ3) is 3.49. The molecule has 6 heteroatoms. The van der Waals surface area contributed by atoms with Gasteiger partial charge < -0.3 is 4.90 Å². The lowest BCUT2D eigenvalue weighted by molar-refractivity contribution is 0.0921. The number of tetrazole rings is 1. The number of rotatable bonds is 5. The fourth-order valence-electron chi connectivity index (χ4n) is 3.83. The number of hydrogen-bond acceptors (Lipinski definition) is 5. The summed E-state index contributed by atoms with van der Waals surface area (Å²) in [7, 11) is 2.21. The normalized spacial score (nSPS) is 23.5. The molecule has 0 bridgehead atoms. The van der Waals surface area contributed by atoms with Crippen molar-refractivity contribution in [1.82, 2.24) is 30.0 Å². The molecule has 0 spiro atoms. The van der Waals surface area contributed by atoms with Gasteiger partial charge in [-0.15, -0.1) is 5.10 Å². The van der Waals surface area contributed by atoms with Gasteiger partial charge in [0.05, 0.1) is 12.1 Å². The zero-order valence-corrected chi connectivity index (χ0v) is 14.3. The summed E-state index contributed by atoms with van der Waals surface area (Å²) in [5.41, 5.74) is 0. The van der Waals surface area contributed by atoms with Crippen molar-refractivity contribution in [2.75, 3.05) is 33.2 Å². The molecule has 22 heavy (non-hydrogen) atoms. The van der Waals surface area contributed by atoms with Gasteiger partial charge in [0, 0.05) is 26.2 Å². The summed E-state index contributed by atoms with van der Waals surface area (Å²) in [6.45, 7) is 9.11. The fourth-order valence-corrected chi connectivity index (χ4v) is 3.83. The van der Waals surface area contributed by atoms with Gasteiger partial charge in [-0.1, -0.05) is 26.7 Å². The molecule has 0 radical (unpaired) electrons. The van der Waals surface area contributed by atoms with Crippen LogP contribution in [-0.4, -0.2) is 63.2 Å². The average molecular weight is 306 g/mol. The topological polar surface area (TPSA) is 50.1 Å². The van der Waals surface area contributed by atoms with Crippen LogP contribution in [0.15, 0.2) is 0 Å². The highest BCUT2D eigenvalue weighted by molar-refractivity contribution is 4.97. The third-order valence-corrected chi connectivity index (χ3v) is 5.16. The molecule has 3 rings (SSSR count). The third-order valence-electron chi connectivity index (χ3n) is 5.16. The molecule has 1 unspecified atom stereocenters. The van der Waals surface area contributed by atoms with Gasteiger partial charge in [0.15, 0.2) is 5.82 Å². The number of likely N-dealkylation sites (N-methyl/N-ethyl adjacent to an activating group) is 1. The molecule has 124 valence electrons. The van der Waals surface area contributed by atoms with Gasteiger partial charge in [-0.05, 0) is 42.7 Å². The van der Waals surface area contributed by atoms with E-state index in [2.05, 4.69) is 50.9 Å². The predicted octanol–water partition coefficient (Wildman–Crippen LogP) is 2.12. The lowest BCUT2D eigenvalue weighted by atomic mass is 10.0. The van der Waals surface area contributed by atoms with Crippen molar-refractivity contribution in [3.05, 3.63) is 5.82 Å². The van der Waals surface area contributed by atoms with Crippen LogP contribution in [0, 0.1) is 5.92 Å². The first kappa shape index (κ1) is 15.9. The van der Waals surface area contributed by atoms with E-state index < -0.39 is 0 Å². The molecule has 0 amide bonds. The summed E-state index contributed by atoms with van der Waals surface area (Å²) in [5.74, 6) is 1.75. The predicted molar refractivity (Wildman–Crippen MR) is 86.6 cm³/mol. The second-order valence-electron chi connectivity index (χ2n) is 7.40. The summed E-state index contributed by atoms with van der Waals surface area (Å²) in [4.78, 5) is 5.00. The molecule has 1 atom stereocenters. The molecule has 0 aromatic carbocycles. The Morgan fingerprint density at radius 3 is 2.41 bits per heavy atom. The minimum atomic E-state index is 0.365. The molecule has 1 saturated heterocycles. The molecule has 2 heterocycles. The van der Waals surface area contributed by atoms with Crippen molar-refractivity contribution in [1.29, 1.82) is 0 Å². The molecule has 2 aliphatic rings. The van der Waals surface area contributed by atoms with Gasteiger partial charge in [-0.2, -0.15) is 0 Å². The largest absolute Gasteiger partial charge is 0.304 e. The summed E-state index contributed by atoms with van der Waals surface area (Å²) in [6, 6.07) is 0.886. The van der Waals surface area contributed by atoms with E-state index in [9.17, 15) is 0 Å². The molecular weight excluding hydrogens is 276 g/mol. The monoisotopic (exact) mass is 306 g/mol. The number of nitrogens with zero attached hydrogens (tertiary/aromatic N) is 6. The lowest BCUT2D eigenvalue weighted by Crippen LogP contribution is -2.46. The number of hydrogen-bond donors (Lipinski definition) is 0. The molecule has 1 aromatic heterocycles. The summed E-state index contributed by atoms with van der Waals surface area (Å²) < 4.78 is 2.15. The van der Waals surface area contributed by atoms with Crippen LogP contribution in [0.4, 0.5) is 0 Å². The molecule has 2 fully saturated rings. The van der Waals surface area contributed by atoms with Gasteiger partial charge in [-0.3, -0.25) is 4.90 Å². The number of piperazine rings is 1. The highest BCUT2D eigenvalue weighted by atomic mass is 15.6. The van der Waals surface area contributed by atoms with E-state index in [4.69, 9.17) is 0 Å². The van der Waals surface area contributed by atoms with Crippen molar-refractivity contribution < 1.29 is 0 Å². The Morgan fingerprint density at radius 1 is 1.09 bits per heavy atom. The SMILES string of the molecule is CC(C)CC(c1nnnn1C1CCCC1)N1CCN(C)CC1. The van der Waals surface area contributed by atoms with Crippen LogP contribution in [0.5, 0.6) is 0 Å². The van der Waals surface area contributed by atoms with Crippen LogP contribution in [-0.2, 0) is 0 Å². The fraction of sp³-hybridized carbons (Fsp3) is 0.938. The van der Waals surface area contributed by atoms with Crippen LogP contribution in [0.2, 0.25) is 0 Å². The maximum Gasteiger partial charge on any atom is 0.168 e. The van der Waals surface area contributed by atoms with Crippen LogP contribution in [0.1, 0.15) is 63.9 Å². The zero-order valence-electron chi connectivity index (χ0n) is 14.3. The van der Waals surface area contributed by atoms with Crippen molar-refractivity contribution in [3.8, 4) is 0 Å². The highest BCUT2D eigenvalue weighted by Crippen LogP contribution is 2.33. The first-order chi connectivity index (χ1) is 10.6. The molecule has 1 saturated carbocycles. The van der Waals surface area contributed by atoms with Gasteiger partial charge in [0.1, 0.15) is 0 Å². The van der Waals surface area contributed by atoms with E-state index in [0.717, 1.165) is 38.4 Å². The summed E-state index contributed by atoms with van der Waals surface area (Å²) >= 11 is 0. The van der Waals surface area contributed by atoms with E-state index in [1.807, 2.05) is 0 Å². The van der Waals surface area contributed by atoms with E-state index in [-0.39, 0.29) is 0 Å². The highest BCUT2D eigenvalue weighted by Gasteiger charge is 2.31. The molecular formula is C16H30N6. The standard InChI is InChI=1S/C16H30N6/c1-13(2)12-15(21-10-8-20(3)9-11-21)16-17-18-19-22(16)14-6-4-5-7-14/h13-15H,4-12H2,1-3H3. The molecule has 0 N–H and O–H groups in total. The van der Waals surface area contributed by atoms with Gasteiger partial charge in [0.2, 0.25) is 0 Å². The smallest absolute Gasteiger partial charge is 0.168 e. The van der Waals surface area contributed by atoms with Gasteiger partial charge in [-0.25, -0.2) is 4.68 Å². The van der Waals surface area contributed by atoms with E-state index in [1.54, 1.807) is 0 Å². The van der Waals surface area contributed by atoms with E-state index in [0.29, 0.717) is 18.0 Å². The van der Waals surface area contributed by atoms with Crippen molar-refractivity contribution in [3.63, 3.8) is 0 Å². The first-order valence-electron chi connectivity index (χ1n) is 8.85. The Labute approximate surface area is 133 Å². The van der Waals surface area contributed by atoms with Crippen LogP contribution < -0.4 is 0 Å². The summed E-state index contributed by atoms with van der Waals surface area (Å²) in [6.07, 6.45) is 6.22. The maximum atomic E-state index is 4.45. The van der Waals surface area contributed by atoms with Gasteiger partial charge >= 0.3 is 0 Å². The lowest BCUT2D eigenvalue weighted by Gasteiger charge is -2.38. The maximum absolute atomic E-state index is 4.45. The van der Waals surface area contributed by atoms with Crippen LogP contribution in [0.25, 0.3) is 0 Å². The second kappa shape index (κ2) is 7.04. The Morgan fingerprint density at radius 2 is 1.77 bits per heavy atom. The molecule has 1 aliphatic carbocycles. The average Bonchev–Trinajstić information content (AvgIpc) is 3.16. The van der Waals surface area contributed by atoms with E-state index >= 15 is 0 Å². The second-order valence-corrected chi connectivity index (χ2v) is 7.40. The Bertz CT molecular complexity index is 457. The van der Waals surface area contributed by atoms with Crippen LogP contribution in [0.3, 0.4) is 0 Å². The quantitative estimate of drug-likeness (QED) is 0.834. The van der Waals surface area contributed by atoms with Gasteiger partial charge in [0.25, 0.3) is 0 Å². The molecule has 6 nitrogen and oxygen atoms in total. The minimum absolute atomic E-state index is 0.365. The zero-order chi connectivity index (χ0) is 15.5. The molecule has 1 aliphatic heterocycles. The van der Waals surface area contributed by atoms with Crippen LogP contribution >= 0.6 is 0 Å². The number of aromatic nitrogens is 4.